The SMILES string of the molecule is O=C(CCc1ccccc1F)N1Cc2cncnc2C1. The van der Waals surface area contributed by atoms with E-state index in [0.717, 1.165) is 11.3 Å². The summed E-state index contributed by atoms with van der Waals surface area (Å²) in [5.74, 6) is -0.234. The maximum absolute atomic E-state index is 13.5. The number of hydrogen-bond acceptors (Lipinski definition) is 3. The summed E-state index contributed by atoms with van der Waals surface area (Å²) in [4.78, 5) is 22.0. The summed E-state index contributed by atoms with van der Waals surface area (Å²) in [6.45, 7) is 1.07. The molecular weight excluding hydrogens is 257 g/mol. The van der Waals surface area contributed by atoms with Crippen LogP contribution in [0.5, 0.6) is 0 Å². The number of nitrogens with zero attached hydrogens (tertiary/aromatic N) is 3. The average molecular weight is 271 g/mol. The normalized spacial score (nSPS) is 13.3. The third-order valence-electron chi connectivity index (χ3n) is 3.50. The van der Waals surface area contributed by atoms with Crippen LogP contribution in [0.2, 0.25) is 0 Å². The van der Waals surface area contributed by atoms with E-state index in [0.29, 0.717) is 31.5 Å². The highest BCUT2D eigenvalue weighted by Crippen LogP contribution is 2.20. The molecule has 1 aliphatic rings. The van der Waals surface area contributed by atoms with E-state index in [1.807, 2.05) is 0 Å². The average Bonchev–Trinajstić information content (AvgIpc) is 2.90. The summed E-state index contributed by atoms with van der Waals surface area (Å²) in [6, 6.07) is 6.56. The van der Waals surface area contributed by atoms with Crippen molar-refractivity contribution in [2.75, 3.05) is 0 Å². The van der Waals surface area contributed by atoms with E-state index in [9.17, 15) is 9.18 Å². The molecule has 0 unspecified atom stereocenters. The van der Waals surface area contributed by atoms with Crippen LogP contribution in [0.1, 0.15) is 23.2 Å². The lowest BCUT2D eigenvalue weighted by molar-refractivity contribution is -0.131. The van der Waals surface area contributed by atoms with E-state index in [1.165, 1.54) is 12.4 Å². The molecule has 0 saturated heterocycles. The number of benzene rings is 1. The van der Waals surface area contributed by atoms with Crippen LogP contribution < -0.4 is 0 Å². The van der Waals surface area contributed by atoms with Gasteiger partial charge < -0.3 is 4.90 Å². The molecule has 20 heavy (non-hydrogen) atoms. The number of fused-ring (bicyclic) bond motifs is 1. The van der Waals surface area contributed by atoms with Crippen LogP contribution in [0.25, 0.3) is 0 Å². The molecular formula is C15H14FN3O. The molecule has 1 amide bonds. The Bertz CT molecular complexity index is 620. The van der Waals surface area contributed by atoms with E-state index < -0.39 is 0 Å². The number of rotatable bonds is 3. The van der Waals surface area contributed by atoms with Crippen molar-refractivity contribution in [3.63, 3.8) is 0 Å². The third kappa shape index (κ3) is 2.52. The maximum atomic E-state index is 13.5. The van der Waals surface area contributed by atoms with Crippen LogP contribution in [0.15, 0.2) is 36.8 Å². The van der Waals surface area contributed by atoms with Gasteiger partial charge in [0.1, 0.15) is 12.1 Å². The fraction of sp³-hybridized carbons (Fsp3) is 0.267. The predicted molar refractivity (Wildman–Crippen MR) is 71.0 cm³/mol. The molecule has 0 radical (unpaired) electrons. The Balaban J connectivity index is 1.61. The van der Waals surface area contributed by atoms with Gasteiger partial charge in [-0.1, -0.05) is 18.2 Å². The van der Waals surface area contributed by atoms with Gasteiger partial charge in [-0.05, 0) is 18.1 Å². The smallest absolute Gasteiger partial charge is 0.223 e. The van der Waals surface area contributed by atoms with Crippen molar-refractivity contribution in [2.24, 2.45) is 0 Å². The molecule has 0 atom stereocenters. The van der Waals surface area contributed by atoms with Gasteiger partial charge >= 0.3 is 0 Å². The molecule has 0 N–H and O–H groups in total. The van der Waals surface area contributed by atoms with E-state index in [2.05, 4.69) is 9.97 Å². The van der Waals surface area contributed by atoms with Crippen molar-refractivity contribution in [1.29, 1.82) is 0 Å². The molecule has 1 aromatic heterocycles. The summed E-state index contributed by atoms with van der Waals surface area (Å²) in [5.41, 5.74) is 2.48. The number of aryl methyl sites for hydroxylation is 1. The van der Waals surface area contributed by atoms with Gasteiger partial charge in [-0.3, -0.25) is 4.79 Å². The highest BCUT2D eigenvalue weighted by atomic mass is 19.1. The standard InChI is InChI=1S/C15H14FN3O/c16-13-4-2-1-3-11(13)5-6-15(20)19-8-12-7-17-10-18-14(12)9-19/h1-4,7,10H,5-6,8-9H2. The lowest BCUT2D eigenvalue weighted by Gasteiger charge is -2.15. The fourth-order valence-corrected chi connectivity index (χ4v) is 2.38. The molecule has 0 aliphatic carbocycles. The van der Waals surface area contributed by atoms with Crippen LogP contribution in [-0.2, 0) is 24.3 Å². The van der Waals surface area contributed by atoms with Gasteiger partial charge in [-0.2, -0.15) is 0 Å². The molecule has 3 rings (SSSR count). The Labute approximate surface area is 116 Å². The second-order valence-electron chi connectivity index (χ2n) is 4.84. The minimum Gasteiger partial charge on any atom is -0.332 e. The van der Waals surface area contributed by atoms with Crippen molar-refractivity contribution < 1.29 is 9.18 Å². The van der Waals surface area contributed by atoms with Crippen LogP contribution in [-0.4, -0.2) is 20.8 Å². The van der Waals surface area contributed by atoms with Crippen LogP contribution in [0, 0.1) is 5.82 Å². The minimum atomic E-state index is -0.254. The second kappa shape index (κ2) is 5.36. The summed E-state index contributed by atoms with van der Waals surface area (Å²) >= 11 is 0. The summed E-state index contributed by atoms with van der Waals surface area (Å²) in [7, 11) is 0. The Morgan fingerprint density at radius 2 is 2.15 bits per heavy atom. The zero-order valence-corrected chi connectivity index (χ0v) is 10.9. The molecule has 5 heteroatoms. The fourth-order valence-electron chi connectivity index (χ4n) is 2.38. The quantitative estimate of drug-likeness (QED) is 0.858. The molecule has 0 fully saturated rings. The summed E-state index contributed by atoms with van der Waals surface area (Å²) in [5, 5.41) is 0. The first-order valence-electron chi connectivity index (χ1n) is 6.53. The molecule has 2 heterocycles. The molecule has 0 spiro atoms. The number of aromatic nitrogens is 2. The number of amides is 1. The Morgan fingerprint density at radius 1 is 1.30 bits per heavy atom. The molecule has 2 aromatic rings. The van der Waals surface area contributed by atoms with Crippen LogP contribution >= 0.6 is 0 Å². The van der Waals surface area contributed by atoms with Gasteiger partial charge in [0.15, 0.2) is 0 Å². The maximum Gasteiger partial charge on any atom is 0.223 e. The van der Waals surface area contributed by atoms with E-state index in [-0.39, 0.29) is 11.7 Å². The molecule has 0 saturated carbocycles. The lowest BCUT2D eigenvalue weighted by Crippen LogP contribution is -2.25. The van der Waals surface area contributed by atoms with Crippen molar-refractivity contribution >= 4 is 5.91 Å². The van der Waals surface area contributed by atoms with Gasteiger partial charge in [-0.25, -0.2) is 14.4 Å². The minimum absolute atomic E-state index is 0.0197. The van der Waals surface area contributed by atoms with Gasteiger partial charge in [0.05, 0.1) is 12.2 Å². The summed E-state index contributed by atoms with van der Waals surface area (Å²) < 4.78 is 13.5. The Kier molecular flexibility index (Phi) is 3.41. The van der Waals surface area contributed by atoms with Crippen LogP contribution in [0.3, 0.4) is 0 Å². The zero-order valence-electron chi connectivity index (χ0n) is 10.9. The van der Waals surface area contributed by atoms with E-state index >= 15 is 0 Å². The van der Waals surface area contributed by atoms with Gasteiger partial charge in [0.2, 0.25) is 5.91 Å². The monoisotopic (exact) mass is 271 g/mol. The lowest BCUT2D eigenvalue weighted by atomic mass is 10.1. The molecule has 1 aliphatic heterocycles. The molecule has 1 aromatic carbocycles. The first-order chi connectivity index (χ1) is 9.74. The molecule has 102 valence electrons. The number of carbonyl (C=O) groups is 1. The van der Waals surface area contributed by atoms with E-state index in [4.69, 9.17) is 0 Å². The van der Waals surface area contributed by atoms with Crippen molar-refractivity contribution in [2.45, 2.75) is 25.9 Å². The molecule has 0 bridgehead atoms. The van der Waals surface area contributed by atoms with Gasteiger partial charge in [-0.15, -0.1) is 0 Å². The first kappa shape index (κ1) is 12.7. The number of halogens is 1. The van der Waals surface area contributed by atoms with Gasteiger partial charge in [0.25, 0.3) is 0 Å². The Morgan fingerprint density at radius 3 is 2.95 bits per heavy atom. The van der Waals surface area contributed by atoms with Crippen molar-refractivity contribution in [1.82, 2.24) is 14.9 Å². The second-order valence-corrected chi connectivity index (χ2v) is 4.84. The topological polar surface area (TPSA) is 46.1 Å². The predicted octanol–water partition coefficient (Wildman–Crippen LogP) is 2.09. The van der Waals surface area contributed by atoms with Crippen LogP contribution in [0.4, 0.5) is 4.39 Å². The third-order valence-corrected chi connectivity index (χ3v) is 3.50. The Hall–Kier alpha value is -2.30. The summed E-state index contributed by atoms with van der Waals surface area (Å²) in [6.07, 6.45) is 3.96. The number of hydrogen-bond donors (Lipinski definition) is 0. The number of carbonyl (C=O) groups excluding carboxylic acids is 1. The molecule has 4 nitrogen and oxygen atoms in total. The van der Waals surface area contributed by atoms with Crippen molar-refractivity contribution in [3.8, 4) is 0 Å². The highest BCUT2D eigenvalue weighted by Gasteiger charge is 2.24. The van der Waals surface area contributed by atoms with E-state index in [1.54, 1.807) is 29.3 Å². The highest BCUT2D eigenvalue weighted by molar-refractivity contribution is 5.77. The first-order valence-corrected chi connectivity index (χ1v) is 6.53. The largest absolute Gasteiger partial charge is 0.332 e. The van der Waals surface area contributed by atoms with Gasteiger partial charge in [0, 0.05) is 24.7 Å². The zero-order chi connectivity index (χ0) is 13.9. The van der Waals surface area contributed by atoms with Crippen molar-refractivity contribution in [3.05, 3.63) is 59.4 Å².